The summed E-state index contributed by atoms with van der Waals surface area (Å²) in [7, 11) is 0. The summed E-state index contributed by atoms with van der Waals surface area (Å²) in [5, 5.41) is 11.9. The van der Waals surface area contributed by atoms with Crippen molar-refractivity contribution >= 4 is 29.3 Å². The molecule has 0 bridgehead atoms. The van der Waals surface area contributed by atoms with Crippen LogP contribution in [0.4, 0.5) is 0 Å². The van der Waals surface area contributed by atoms with Crippen molar-refractivity contribution in [1.29, 1.82) is 0 Å². The Hall–Kier alpha value is -1.53. The number of carbonyl (C=O) groups is 1. The molecule has 1 unspecified atom stereocenters. The van der Waals surface area contributed by atoms with Gasteiger partial charge in [0.25, 0.3) is 5.22 Å². The molecule has 1 N–H and O–H groups in total. The van der Waals surface area contributed by atoms with E-state index in [1.165, 1.54) is 37.4 Å². The van der Waals surface area contributed by atoms with Gasteiger partial charge in [-0.05, 0) is 38.0 Å². The Morgan fingerprint density at radius 3 is 2.76 bits per heavy atom. The fourth-order valence-corrected chi connectivity index (χ4v) is 3.83. The highest BCUT2D eigenvalue weighted by molar-refractivity contribution is 8.00. The van der Waals surface area contributed by atoms with Gasteiger partial charge in [-0.3, -0.25) is 4.79 Å². The minimum Gasteiger partial charge on any atom is -0.411 e. The molecular weight excluding hydrogens is 358 g/mol. The fraction of sp³-hybridized carbons (Fsp3) is 0.500. The van der Waals surface area contributed by atoms with E-state index in [1.54, 1.807) is 12.1 Å². The highest BCUT2D eigenvalue weighted by Crippen LogP contribution is 2.27. The van der Waals surface area contributed by atoms with E-state index < -0.39 is 0 Å². The average Bonchev–Trinajstić information content (AvgIpc) is 2.91. The second kappa shape index (κ2) is 8.72. The van der Waals surface area contributed by atoms with Crippen molar-refractivity contribution in [3.8, 4) is 11.5 Å². The molecule has 0 spiro atoms. The second-order valence-corrected chi connectivity index (χ2v) is 8.07. The fourth-order valence-electron chi connectivity index (χ4n) is 2.94. The largest absolute Gasteiger partial charge is 0.411 e. The molecule has 1 aliphatic carbocycles. The zero-order chi connectivity index (χ0) is 17.6. The van der Waals surface area contributed by atoms with Crippen molar-refractivity contribution in [3.05, 3.63) is 29.3 Å². The molecule has 1 aromatic carbocycles. The Kier molecular flexibility index (Phi) is 6.37. The van der Waals surface area contributed by atoms with Crippen molar-refractivity contribution in [3.63, 3.8) is 0 Å². The summed E-state index contributed by atoms with van der Waals surface area (Å²) < 4.78 is 5.66. The molecule has 1 fully saturated rings. The van der Waals surface area contributed by atoms with Gasteiger partial charge in [-0.15, -0.1) is 10.2 Å². The van der Waals surface area contributed by atoms with Gasteiger partial charge in [-0.25, -0.2) is 0 Å². The number of hydrogen-bond donors (Lipinski definition) is 1. The third kappa shape index (κ3) is 5.22. The summed E-state index contributed by atoms with van der Waals surface area (Å²) in [4.78, 5) is 12.4. The number of carbonyl (C=O) groups excluding carboxylic acids is 1. The van der Waals surface area contributed by atoms with E-state index in [0.29, 0.717) is 22.2 Å². The lowest BCUT2D eigenvalue weighted by atomic mass is 10.1. The van der Waals surface area contributed by atoms with Crippen molar-refractivity contribution in [2.75, 3.05) is 0 Å². The average molecular weight is 380 g/mol. The molecular formula is C18H22ClN3O2S. The van der Waals surface area contributed by atoms with E-state index in [1.807, 2.05) is 19.1 Å². The summed E-state index contributed by atoms with van der Waals surface area (Å²) in [6.45, 7) is 1.86. The second-order valence-electron chi connectivity index (χ2n) is 6.34. The van der Waals surface area contributed by atoms with Gasteiger partial charge >= 0.3 is 0 Å². The topological polar surface area (TPSA) is 68.0 Å². The molecule has 0 aliphatic heterocycles. The molecule has 1 amide bonds. The first-order valence-corrected chi connectivity index (χ1v) is 9.94. The van der Waals surface area contributed by atoms with Crippen molar-refractivity contribution in [1.82, 2.24) is 15.5 Å². The number of benzene rings is 1. The van der Waals surface area contributed by atoms with Gasteiger partial charge in [0.1, 0.15) is 0 Å². The van der Waals surface area contributed by atoms with Crippen LogP contribution in [0.2, 0.25) is 5.02 Å². The summed E-state index contributed by atoms with van der Waals surface area (Å²) in [6.07, 6.45) is 7.07. The van der Waals surface area contributed by atoms with Gasteiger partial charge in [-0.2, -0.15) is 0 Å². The van der Waals surface area contributed by atoms with Crippen LogP contribution in [0.5, 0.6) is 0 Å². The molecule has 0 radical (unpaired) electrons. The van der Waals surface area contributed by atoms with Crippen LogP contribution in [0.1, 0.15) is 45.4 Å². The van der Waals surface area contributed by atoms with E-state index in [2.05, 4.69) is 15.5 Å². The zero-order valence-electron chi connectivity index (χ0n) is 14.2. The lowest BCUT2D eigenvalue weighted by Gasteiger charge is -2.18. The quantitative estimate of drug-likeness (QED) is 0.601. The Balaban J connectivity index is 1.57. The van der Waals surface area contributed by atoms with Gasteiger partial charge in [0.2, 0.25) is 11.8 Å². The smallest absolute Gasteiger partial charge is 0.277 e. The van der Waals surface area contributed by atoms with E-state index in [4.69, 9.17) is 16.0 Å². The van der Waals surface area contributed by atoms with Gasteiger partial charge in [0.15, 0.2) is 0 Å². The van der Waals surface area contributed by atoms with Gasteiger partial charge < -0.3 is 9.73 Å². The highest BCUT2D eigenvalue weighted by atomic mass is 35.5. The van der Waals surface area contributed by atoms with Crippen LogP contribution < -0.4 is 5.32 Å². The molecule has 7 heteroatoms. The molecule has 1 aliphatic rings. The maximum atomic E-state index is 12.4. The lowest BCUT2D eigenvalue weighted by molar-refractivity contribution is -0.121. The standard InChI is InChI=1S/C18H22ClN3O2S/c1-12(16(23)20-15-9-4-2-3-5-10-15)25-18-22-21-17(24-18)13-7-6-8-14(19)11-13/h6-8,11-12,15H,2-5,9-10H2,1H3,(H,20,23). The monoisotopic (exact) mass is 379 g/mol. The van der Waals surface area contributed by atoms with Crippen molar-refractivity contribution in [2.45, 2.75) is 62.0 Å². The van der Waals surface area contributed by atoms with Crippen LogP contribution in [0.15, 0.2) is 33.9 Å². The van der Waals surface area contributed by atoms with Gasteiger partial charge in [0, 0.05) is 16.6 Å². The summed E-state index contributed by atoms with van der Waals surface area (Å²) in [5.74, 6) is 0.431. The number of nitrogens with zero attached hydrogens (tertiary/aromatic N) is 2. The molecule has 5 nitrogen and oxygen atoms in total. The van der Waals surface area contributed by atoms with Crippen LogP contribution >= 0.6 is 23.4 Å². The lowest BCUT2D eigenvalue weighted by Crippen LogP contribution is -2.39. The van der Waals surface area contributed by atoms with Gasteiger partial charge in [0.05, 0.1) is 5.25 Å². The van der Waals surface area contributed by atoms with E-state index in [9.17, 15) is 4.79 Å². The van der Waals surface area contributed by atoms with E-state index in [0.717, 1.165) is 18.4 Å². The molecule has 1 aromatic heterocycles. The minimum atomic E-state index is -0.282. The maximum Gasteiger partial charge on any atom is 0.277 e. The maximum absolute atomic E-state index is 12.4. The number of amides is 1. The first-order chi connectivity index (χ1) is 12.1. The number of rotatable bonds is 5. The van der Waals surface area contributed by atoms with Gasteiger partial charge in [-0.1, -0.05) is 55.1 Å². The molecule has 1 heterocycles. The Bertz CT molecular complexity index is 714. The van der Waals surface area contributed by atoms with Crippen LogP contribution in [0.3, 0.4) is 0 Å². The Morgan fingerprint density at radius 1 is 1.28 bits per heavy atom. The van der Waals surface area contributed by atoms with Crippen LogP contribution in [0, 0.1) is 0 Å². The number of nitrogens with one attached hydrogen (secondary N) is 1. The Labute approximate surface area is 156 Å². The molecule has 1 saturated carbocycles. The van der Waals surface area contributed by atoms with Crippen molar-refractivity contribution < 1.29 is 9.21 Å². The van der Waals surface area contributed by atoms with E-state index in [-0.39, 0.29) is 11.2 Å². The summed E-state index contributed by atoms with van der Waals surface area (Å²) in [5.41, 5.74) is 0.766. The first-order valence-electron chi connectivity index (χ1n) is 8.68. The van der Waals surface area contributed by atoms with Crippen molar-refractivity contribution in [2.24, 2.45) is 0 Å². The summed E-state index contributed by atoms with van der Waals surface area (Å²) in [6, 6.07) is 7.54. The molecule has 134 valence electrons. The number of thioether (sulfide) groups is 1. The van der Waals surface area contributed by atoms with E-state index >= 15 is 0 Å². The summed E-state index contributed by atoms with van der Waals surface area (Å²) >= 11 is 7.26. The molecule has 2 aromatic rings. The third-order valence-electron chi connectivity index (χ3n) is 4.33. The normalized spacial score (nSPS) is 17.0. The molecule has 1 atom stereocenters. The molecule has 0 saturated heterocycles. The number of hydrogen-bond acceptors (Lipinski definition) is 5. The molecule has 3 rings (SSSR count). The zero-order valence-corrected chi connectivity index (χ0v) is 15.8. The SMILES string of the molecule is CC(Sc1nnc(-c2cccc(Cl)c2)o1)C(=O)NC1CCCCCC1. The number of halogens is 1. The van der Waals surface area contributed by atoms with Crippen LogP contribution in [0.25, 0.3) is 11.5 Å². The predicted octanol–water partition coefficient (Wildman–Crippen LogP) is 4.71. The third-order valence-corrected chi connectivity index (χ3v) is 5.50. The molecule has 25 heavy (non-hydrogen) atoms. The highest BCUT2D eigenvalue weighted by Gasteiger charge is 2.22. The Morgan fingerprint density at radius 2 is 2.04 bits per heavy atom. The predicted molar refractivity (Wildman–Crippen MR) is 99.7 cm³/mol. The van der Waals surface area contributed by atoms with Crippen LogP contribution in [-0.2, 0) is 4.79 Å². The first kappa shape index (κ1) is 18.3. The minimum absolute atomic E-state index is 0.0272. The number of aromatic nitrogens is 2. The van der Waals surface area contributed by atoms with Crippen LogP contribution in [-0.4, -0.2) is 27.4 Å².